The molecule has 0 radical (unpaired) electrons. The van der Waals surface area contributed by atoms with E-state index in [1.54, 1.807) is 27.7 Å². The molecule has 0 heterocycles. The summed E-state index contributed by atoms with van der Waals surface area (Å²) in [5.74, 6) is -0.662. The van der Waals surface area contributed by atoms with Gasteiger partial charge in [-0.2, -0.15) is 0 Å². The van der Waals surface area contributed by atoms with E-state index >= 15 is 0 Å². The molecule has 3 unspecified atom stereocenters. The van der Waals surface area contributed by atoms with Crippen molar-refractivity contribution in [1.82, 2.24) is 10.6 Å². The Kier molecular flexibility index (Phi) is 9.19. The van der Waals surface area contributed by atoms with Gasteiger partial charge in [-0.3, -0.25) is 4.79 Å². The second kappa shape index (κ2) is 9.51. The highest BCUT2D eigenvalue weighted by Crippen LogP contribution is 2.19. The third kappa shape index (κ3) is 7.56. The van der Waals surface area contributed by atoms with E-state index in [0.29, 0.717) is 0 Å². The lowest BCUT2D eigenvalue weighted by Gasteiger charge is -2.29. The van der Waals surface area contributed by atoms with Gasteiger partial charge < -0.3 is 36.2 Å². The maximum absolute atomic E-state index is 11.7. The molecule has 8 nitrogen and oxygen atoms in total. The minimum absolute atomic E-state index is 0.0656. The van der Waals surface area contributed by atoms with Crippen molar-refractivity contribution in [2.24, 2.45) is 10.8 Å². The summed E-state index contributed by atoms with van der Waals surface area (Å²) in [6.45, 7) is 6.32. The van der Waals surface area contributed by atoms with Crippen LogP contribution in [0.1, 0.15) is 27.7 Å². The van der Waals surface area contributed by atoms with E-state index < -0.39 is 35.0 Å². The summed E-state index contributed by atoms with van der Waals surface area (Å²) in [5.41, 5.74) is -1.61. The molecule has 0 fully saturated rings. The lowest BCUT2D eigenvalue weighted by atomic mass is 9.87. The van der Waals surface area contributed by atoms with Gasteiger partial charge in [0.15, 0.2) is 0 Å². The number of aliphatic hydroxyl groups is 5. The van der Waals surface area contributed by atoms with Gasteiger partial charge in [0.05, 0.1) is 25.4 Å². The molecule has 0 rings (SSSR count). The topological polar surface area (TPSA) is 142 Å². The zero-order valence-corrected chi connectivity index (χ0v) is 14.4. The fourth-order valence-electron chi connectivity index (χ4n) is 1.60. The van der Waals surface area contributed by atoms with E-state index in [1.165, 1.54) is 0 Å². The Morgan fingerprint density at radius 3 is 1.91 bits per heavy atom. The van der Waals surface area contributed by atoms with Gasteiger partial charge in [0.1, 0.15) is 6.10 Å². The van der Waals surface area contributed by atoms with Crippen LogP contribution < -0.4 is 10.6 Å². The Morgan fingerprint density at radius 2 is 1.43 bits per heavy atom. The van der Waals surface area contributed by atoms with Crippen LogP contribution in [0.25, 0.3) is 0 Å². The molecule has 0 aromatic heterocycles. The van der Waals surface area contributed by atoms with Crippen molar-refractivity contribution in [1.29, 1.82) is 0 Å². The number of carbonyl (C=O) groups excluding carboxylic acids is 1. The Balaban J connectivity index is 4.09. The normalized spacial score (nSPS) is 16.7. The third-order valence-electron chi connectivity index (χ3n) is 3.94. The van der Waals surface area contributed by atoms with Gasteiger partial charge in [0.25, 0.3) is 0 Å². The fraction of sp³-hybridized carbons (Fsp3) is 0.933. The highest BCUT2D eigenvalue weighted by molar-refractivity contribution is 5.81. The van der Waals surface area contributed by atoms with Gasteiger partial charge in [-0.25, -0.2) is 0 Å². The lowest BCUT2D eigenvalue weighted by molar-refractivity contribution is -0.137. The lowest BCUT2D eigenvalue weighted by Crippen LogP contribution is -2.49. The molecule has 8 heteroatoms. The number of hydrogen-bond acceptors (Lipinski definition) is 7. The maximum atomic E-state index is 11.7. The molecule has 0 spiro atoms. The maximum Gasteiger partial charge on any atom is 0.249 e. The van der Waals surface area contributed by atoms with Gasteiger partial charge in [-0.15, -0.1) is 0 Å². The first kappa shape index (κ1) is 22.2. The van der Waals surface area contributed by atoms with Crippen molar-refractivity contribution in [3.8, 4) is 0 Å². The number of hydrogen-bond donors (Lipinski definition) is 7. The van der Waals surface area contributed by atoms with E-state index in [1.807, 2.05) is 0 Å². The predicted octanol–water partition coefficient (Wildman–Crippen LogP) is -2.19. The Morgan fingerprint density at radius 1 is 0.913 bits per heavy atom. The Hall–Kier alpha value is -0.770. The summed E-state index contributed by atoms with van der Waals surface area (Å²) in [6.07, 6.45) is -3.05. The van der Waals surface area contributed by atoms with E-state index in [9.17, 15) is 20.1 Å². The summed E-state index contributed by atoms with van der Waals surface area (Å²) >= 11 is 0. The van der Waals surface area contributed by atoms with Crippen LogP contribution in [0.5, 0.6) is 0 Å². The Labute approximate surface area is 137 Å². The minimum Gasteiger partial charge on any atom is -0.396 e. The van der Waals surface area contributed by atoms with Crippen LogP contribution in [0.15, 0.2) is 0 Å². The van der Waals surface area contributed by atoms with Crippen molar-refractivity contribution in [3.05, 3.63) is 0 Å². The average molecular weight is 336 g/mol. The molecule has 0 aromatic rings. The molecule has 0 saturated heterocycles. The van der Waals surface area contributed by atoms with Crippen molar-refractivity contribution < 1.29 is 30.3 Å². The molecule has 0 aromatic carbocycles. The molecule has 1 amide bonds. The van der Waals surface area contributed by atoms with Gasteiger partial charge in [-0.05, 0) is 0 Å². The van der Waals surface area contributed by atoms with Crippen LogP contribution in [0.3, 0.4) is 0 Å². The summed E-state index contributed by atoms with van der Waals surface area (Å²) in [6, 6.07) is 0. The van der Waals surface area contributed by atoms with Crippen LogP contribution in [-0.2, 0) is 4.79 Å². The standard InChI is InChI=1S/C15H32N2O6/c1-14(2,8-18)11(21)7-16-5-10(20)6-17-13(23)12(22)15(3,4)9-19/h10-12,16,18-22H,5-9H2,1-4H3,(H,17,23). The summed E-state index contributed by atoms with van der Waals surface area (Å²) in [5, 5.41) is 52.9. The molecule has 23 heavy (non-hydrogen) atoms. The molecular formula is C15H32N2O6. The summed E-state index contributed by atoms with van der Waals surface area (Å²) < 4.78 is 0. The first-order chi connectivity index (χ1) is 10.5. The van der Waals surface area contributed by atoms with Gasteiger partial charge in [0.2, 0.25) is 5.91 Å². The summed E-state index contributed by atoms with van der Waals surface area (Å²) in [7, 11) is 0. The molecule has 3 atom stereocenters. The largest absolute Gasteiger partial charge is 0.396 e. The minimum atomic E-state index is -1.38. The summed E-state index contributed by atoms with van der Waals surface area (Å²) in [4.78, 5) is 11.7. The van der Waals surface area contributed by atoms with Crippen molar-refractivity contribution in [3.63, 3.8) is 0 Å². The van der Waals surface area contributed by atoms with Crippen LogP contribution in [0.4, 0.5) is 0 Å². The first-order valence-corrected chi connectivity index (χ1v) is 7.72. The SMILES string of the molecule is CC(C)(CO)C(O)CNCC(O)CNC(=O)C(O)C(C)(C)CO. The first-order valence-electron chi connectivity index (χ1n) is 7.72. The smallest absolute Gasteiger partial charge is 0.249 e. The fourth-order valence-corrected chi connectivity index (χ4v) is 1.60. The van der Waals surface area contributed by atoms with E-state index in [2.05, 4.69) is 10.6 Å². The van der Waals surface area contributed by atoms with Gasteiger partial charge in [-0.1, -0.05) is 27.7 Å². The third-order valence-corrected chi connectivity index (χ3v) is 3.94. The van der Waals surface area contributed by atoms with E-state index in [4.69, 9.17) is 10.2 Å². The van der Waals surface area contributed by atoms with Crippen LogP contribution >= 0.6 is 0 Å². The number of aliphatic hydroxyl groups excluding tert-OH is 5. The molecule has 0 aliphatic rings. The number of rotatable bonds is 11. The number of amides is 1. The molecule has 0 saturated carbocycles. The quantitative estimate of drug-likeness (QED) is 0.227. The predicted molar refractivity (Wildman–Crippen MR) is 85.6 cm³/mol. The van der Waals surface area contributed by atoms with Crippen molar-refractivity contribution in [2.45, 2.75) is 46.0 Å². The molecule has 0 bridgehead atoms. The van der Waals surface area contributed by atoms with Crippen LogP contribution in [-0.4, -0.2) is 82.6 Å². The second-order valence-corrected chi connectivity index (χ2v) is 7.27. The number of carbonyl (C=O) groups is 1. The van der Waals surface area contributed by atoms with Crippen molar-refractivity contribution in [2.75, 3.05) is 32.8 Å². The van der Waals surface area contributed by atoms with E-state index in [0.717, 1.165) is 0 Å². The van der Waals surface area contributed by atoms with Gasteiger partial charge >= 0.3 is 0 Å². The highest BCUT2D eigenvalue weighted by atomic mass is 16.3. The van der Waals surface area contributed by atoms with Gasteiger partial charge in [0, 0.05) is 30.5 Å². The van der Waals surface area contributed by atoms with Crippen LogP contribution in [0, 0.1) is 10.8 Å². The highest BCUT2D eigenvalue weighted by Gasteiger charge is 2.33. The Bertz CT molecular complexity index is 362. The molecule has 0 aliphatic carbocycles. The zero-order chi connectivity index (χ0) is 18.3. The van der Waals surface area contributed by atoms with Crippen LogP contribution in [0.2, 0.25) is 0 Å². The number of nitrogens with one attached hydrogen (secondary N) is 2. The second-order valence-electron chi connectivity index (χ2n) is 7.27. The molecule has 0 aliphatic heterocycles. The van der Waals surface area contributed by atoms with Crippen molar-refractivity contribution >= 4 is 5.91 Å². The molecular weight excluding hydrogens is 304 g/mol. The zero-order valence-electron chi connectivity index (χ0n) is 14.4. The monoisotopic (exact) mass is 336 g/mol. The van der Waals surface area contributed by atoms with E-state index in [-0.39, 0.29) is 32.8 Å². The molecule has 7 N–H and O–H groups in total. The average Bonchev–Trinajstić information content (AvgIpc) is 2.51. The molecule has 138 valence electrons.